The van der Waals surface area contributed by atoms with Crippen molar-refractivity contribution in [2.75, 3.05) is 12.3 Å². The van der Waals surface area contributed by atoms with Crippen LogP contribution in [0, 0.1) is 0 Å². The molecule has 16 nitrogen and oxygen atoms in total. The Labute approximate surface area is 192 Å². The van der Waals surface area contributed by atoms with E-state index in [2.05, 4.69) is 18.1 Å². The number of hydrogen-bond acceptors (Lipinski definition) is 13. The Hall–Kier alpha value is 0.205. The van der Waals surface area contributed by atoms with E-state index in [9.17, 15) is 38.3 Å². The smallest absolute Gasteiger partial charge is 0.756 e. The fourth-order valence-corrected chi connectivity index (χ4v) is 5.07. The predicted molar refractivity (Wildman–Crippen MR) is 82.8 cm³/mol. The Morgan fingerprint density at radius 1 is 1.27 bits per heavy atom. The summed E-state index contributed by atoms with van der Waals surface area (Å²) in [5.41, 5.74) is 4.56. The van der Waals surface area contributed by atoms with Gasteiger partial charge in [0.15, 0.2) is 0 Å². The number of rotatable bonds is 8. The first-order valence-corrected chi connectivity index (χ1v) is 11.6. The zero-order valence-corrected chi connectivity index (χ0v) is 18.2. The van der Waals surface area contributed by atoms with Gasteiger partial charge in [-0.15, -0.1) is 0 Å². The van der Waals surface area contributed by atoms with Crippen LogP contribution in [0.15, 0.2) is 17.1 Å². The molecule has 21 heteroatoms. The van der Waals surface area contributed by atoms with E-state index in [4.69, 9.17) is 15.4 Å². The van der Waals surface area contributed by atoms with E-state index >= 15 is 0 Å². The Kier molecular flexibility index (Phi) is 11.4. The number of nitrogens with two attached hydrogens (primary N) is 1. The maximum atomic E-state index is 11.8. The number of aliphatic hydroxyl groups is 1. The molecule has 1 aliphatic rings. The second-order valence-corrected chi connectivity index (χ2v) is 9.65. The number of nitrogens with zero attached hydrogens (tertiary/aromatic N) is 2. The molecule has 0 aromatic carbocycles. The minimum absolute atomic E-state index is 0. The quantitative estimate of drug-likeness (QED) is 0.152. The Morgan fingerprint density at radius 2 is 1.87 bits per heavy atom. The summed E-state index contributed by atoms with van der Waals surface area (Å²) in [4.78, 5) is 54.3. The average molecular weight is 482 g/mol. The van der Waals surface area contributed by atoms with Gasteiger partial charge in [0.25, 0.3) is 15.6 Å². The van der Waals surface area contributed by atoms with Crippen molar-refractivity contribution in [3.63, 3.8) is 0 Å². The molecule has 30 heavy (non-hydrogen) atoms. The topological polar surface area (TPSA) is 256 Å². The van der Waals surface area contributed by atoms with E-state index in [0.717, 1.165) is 4.57 Å². The average Bonchev–Trinajstić information content (AvgIpc) is 2.82. The Morgan fingerprint density at radius 3 is 2.40 bits per heavy atom. The number of nitrogen functional groups attached to an aromatic ring is 1. The third kappa shape index (κ3) is 9.37. The summed E-state index contributed by atoms with van der Waals surface area (Å²) in [6.07, 6.45) is -2.54. The number of aliphatic hydroxyl groups excluding tert-OH is 1. The van der Waals surface area contributed by atoms with Crippen molar-refractivity contribution in [2.45, 2.75) is 24.9 Å². The molecule has 1 aromatic rings. The normalized spacial score (nSPS) is 27.0. The molecule has 0 saturated carbocycles. The SMILES string of the molecule is [15NH2]c1cc[15n]([C@H]2CC(O)[C@@H](COP(=O)(O)OP(=O)([O-])OP(=O)([O-])O)O2)c(=O)[15n]1.[Li+].[Li+]. The van der Waals surface area contributed by atoms with Gasteiger partial charge in [-0.25, -0.2) is 18.0 Å². The summed E-state index contributed by atoms with van der Waals surface area (Å²) in [7, 11) is -17.2. The summed E-state index contributed by atoms with van der Waals surface area (Å²) < 4.78 is 50.4. The molecule has 160 valence electrons. The largest absolute Gasteiger partial charge is 1.00 e. The van der Waals surface area contributed by atoms with Crippen molar-refractivity contribution in [3.8, 4) is 0 Å². The monoisotopic (exact) mass is 482 g/mol. The predicted octanol–water partition coefficient (Wildman–Crippen LogP) is -8.44. The van der Waals surface area contributed by atoms with Crippen molar-refractivity contribution < 1.29 is 94.0 Å². The minimum Gasteiger partial charge on any atom is -0.756 e. The summed E-state index contributed by atoms with van der Waals surface area (Å²) >= 11 is 0. The first kappa shape index (κ1) is 30.2. The molecule has 6 atom stereocenters. The van der Waals surface area contributed by atoms with Crippen LogP contribution in [-0.4, -0.2) is 43.3 Å². The van der Waals surface area contributed by atoms with Gasteiger partial charge in [0, 0.05) is 12.6 Å². The molecule has 0 aliphatic carbocycles. The maximum Gasteiger partial charge on any atom is 1.00 e. The molecule has 1 aliphatic heterocycles. The third-order valence-corrected chi connectivity index (χ3v) is 6.90. The van der Waals surface area contributed by atoms with E-state index in [0.29, 0.717) is 0 Å². The molecular weight excluding hydrogens is 468 g/mol. The van der Waals surface area contributed by atoms with Crippen LogP contribution in [0.4, 0.5) is 5.82 Å². The molecule has 0 spiro atoms. The van der Waals surface area contributed by atoms with Crippen molar-refractivity contribution in [3.05, 3.63) is 22.7 Å². The van der Waals surface area contributed by atoms with E-state index < -0.39 is 54.2 Å². The first-order valence-electron chi connectivity index (χ1n) is 7.10. The zero-order chi connectivity index (χ0) is 21.3. The minimum atomic E-state index is -5.97. The second-order valence-electron chi connectivity index (χ2n) is 5.32. The summed E-state index contributed by atoms with van der Waals surface area (Å²) in [5, 5.41) is 9.92. The van der Waals surface area contributed by atoms with Crippen LogP contribution in [0.25, 0.3) is 0 Å². The summed E-state index contributed by atoms with van der Waals surface area (Å²) in [5.74, 6) is -0.0483. The van der Waals surface area contributed by atoms with Gasteiger partial charge in [0.1, 0.15) is 18.1 Å². The molecule has 4 unspecified atom stereocenters. The fraction of sp³-hybridized carbons (Fsp3) is 0.556. The third-order valence-electron chi connectivity index (χ3n) is 3.17. The molecule has 1 aromatic heterocycles. The number of anilines is 1. The van der Waals surface area contributed by atoms with E-state index in [-0.39, 0.29) is 50.0 Å². The molecule has 5 N–H and O–H groups in total. The van der Waals surface area contributed by atoms with Gasteiger partial charge in [0.2, 0.25) is 0 Å². The van der Waals surface area contributed by atoms with E-state index in [1.165, 1.54) is 12.3 Å². The summed E-state index contributed by atoms with van der Waals surface area (Å²) in [6.45, 7) is -0.892. The molecule has 0 radical (unpaired) electrons. The standard InChI is InChI=1S/C9H16N3O13P3.2Li/c10-7-1-2-12(9(14)11-7)8-3-5(13)6(23-8)4-22-27(18,19)25-28(20,21)24-26(15,16)17;;/h1-2,5-6,8,13H,3-4H2,(H,18,19)(H,20,21)(H2,10,11,14)(H2,15,16,17);;/q;2*+1/p-2/t5?,6-,8-;;/m1../s1/i10+1,11+1,12+1;;. The fourth-order valence-electron chi connectivity index (χ4n) is 2.14. The van der Waals surface area contributed by atoms with Crippen molar-refractivity contribution >= 4 is 29.3 Å². The molecule has 1 fully saturated rings. The van der Waals surface area contributed by atoms with Gasteiger partial charge in [-0.3, -0.25) is 18.2 Å². The number of phosphoric ester groups is 1. The number of aromatic nitrogens is 2. The van der Waals surface area contributed by atoms with Crippen LogP contribution in [-0.2, 0) is 31.6 Å². The maximum absolute atomic E-state index is 11.8. The number of phosphoric acid groups is 3. The van der Waals surface area contributed by atoms with Crippen LogP contribution in [0.5, 0.6) is 0 Å². The molecule has 1 saturated heterocycles. The van der Waals surface area contributed by atoms with Crippen LogP contribution in [0.1, 0.15) is 12.6 Å². The van der Waals surface area contributed by atoms with Gasteiger partial charge >= 0.3 is 51.2 Å². The van der Waals surface area contributed by atoms with Gasteiger partial charge in [-0.1, -0.05) is 0 Å². The van der Waals surface area contributed by atoms with Gasteiger partial charge in [-0.2, -0.15) is 4.98 Å². The van der Waals surface area contributed by atoms with Crippen LogP contribution < -0.4 is 58.9 Å². The Bertz CT molecular complexity index is 925. The number of hydrogen-bond donors (Lipinski definition) is 4. The molecule has 2 heterocycles. The first-order chi connectivity index (χ1) is 12.7. The molecule has 2 rings (SSSR count). The van der Waals surface area contributed by atoms with Crippen molar-refractivity contribution in [2.24, 2.45) is 0 Å². The van der Waals surface area contributed by atoms with Crippen LogP contribution >= 0.6 is 23.5 Å². The van der Waals surface area contributed by atoms with Gasteiger partial charge < -0.3 is 35.2 Å². The van der Waals surface area contributed by atoms with Crippen LogP contribution in [0.2, 0.25) is 0 Å². The van der Waals surface area contributed by atoms with Crippen molar-refractivity contribution in [1.29, 1.82) is 0 Å². The molecular formula is C9H14Li2N3O13P3. The molecule has 0 bridgehead atoms. The van der Waals surface area contributed by atoms with Gasteiger partial charge in [-0.05, 0) is 6.07 Å². The van der Waals surface area contributed by atoms with Gasteiger partial charge in [0.05, 0.1) is 12.7 Å². The second kappa shape index (κ2) is 11.4. The van der Waals surface area contributed by atoms with E-state index in [1.807, 2.05) is 0 Å². The summed E-state index contributed by atoms with van der Waals surface area (Å²) in [6, 6.07) is 1.29. The zero-order valence-electron chi connectivity index (χ0n) is 15.5. The number of ether oxygens (including phenoxy) is 1. The molecule has 0 amide bonds. The van der Waals surface area contributed by atoms with Crippen molar-refractivity contribution in [1.82, 2.24) is 9.55 Å². The van der Waals surface area contributed by atoms with Crippen LogP contribution in [0.3, 0.4) is 0 Å². The Balaban J connectivity index is 0.00000420. The van der Waals surface area contributed by atoms with E-state index in [1.54, 1.807) is 0 Å².